The first-order chi connectivity index (χ1) is 13.2. The Kier molecular flexibility index (Phi) is 4.73. The maximum Gasteiger partial charge on any atom is 0.235 e. The number of carbonyl (C=O) groups excluding carboxylic acids is 1. The third-order valence-corrected chi connectivity index (χ3v) is 5.34. The molecule has 0 unspecified atom stereocenters. The molecule has 1 aliphatic rings. The predicted molar refractivity (Wildman–Crippen MR) is 105 cm³/mol. The topological polar surface area (TPSA) is 96.7 Å². The Morgan fingerprint density at radius 1 is 1.07 bits per heavy atom. The number of benzene rings is 2. The molecule has 3 aromatic rings. The van der Waals surface area contributed by atoms with Crippen molar-refractivity contribution in [2.45, 2.75) is 37.6 Å². The van der Waals surface area contributed by atoms with Gasteiger partial charge in [-0.15, -0.1) is 0 Å². The van der Waals surface area contributed by atoms with E-state index in [1.165, 1.54) is 0 Å². The molecule has 0 aliphatic heterocycles. The highest BCUT2D eigenvalue weighted by Crippen LogP contribution is 2.42. The molecule has 1 heterocycles. The van der Waals surface area contributed by atoms with Gasteiger partial charge in [-0.2, -0.15) is 5.10 Å². The minimum atomic E-state index is -0.431. The summed E-state index contributed by atoms with van der Waals surface area (Å²) in [5, 5.41) is 10.1. The molecule has 0 saturated heterocycles. The van der Waals surface area contributed by atoms with Crippen molar-refractivity contribution in [3.8, 4) is 11.4 Å². The van der Waals surface area contributed by atoms with E-state index < -0.39 is 5.41 Å². The molecule has 27 heavy (non-hydrogen) atoms. The molecule has 1 aromatic heterocycles. The van der Waals surface area contributed by atoms with Gasteiger partial charge in [0.2, 0.25) is 5.91 Å². The van der Waals surface area contributed by atoms with Crippen LogP contribution in [0.3, 0.4) is 0 Å². The van der Waals surface area contributed by atoms with E-state index in [2.05, 4.69) is 32.6 Å². The molecule has 2 aromatic carbocycles. The van der Waals surface area contributed by atoms with Crippen LogP contribution >= 0.6 is 0 Å². The fourth-order valence-electron chi connectivity index (χ4n) is 3.85. The van der Waals surface area contributed by atoms with E-state index in [1.807, 2.05) is 42.5 Å². The predicted octanol–water partition coefficient (Wildman–Crippen LogP) is 3.38. The number of H-pyrrole nitrogens is 1. The molecule has 1 amide bonds. The van der Waals surface area contributed by atoms with Gasteiger partial charge < -0.3 is 11.1 Å². The average Bonchev–Trinajstić information content (AvgIpc) is 3.40. The lowest BCUT2D eigenvalue weighted by Gasteiger charge is -2.28. The molecule has 0 bridgehead atoms. The van der Waals surface area contributed by atoms with Crippen LogP contribution in [0.5, 0.6) is 0 Å². The zero-order valence-corrected chi connectivity index (χ0v) is 15.1. The van der Waals surface area contributed by atoms with Crippen LogP contribution in [0.2, 0.25) is 0 Å². The number of nitrogens with zero attached hydrogens (tertiary/aromatic N) is 2. The largest absolute Gasteiger partial charge is 0.325 e. The zero-order valence-electron chi connectivity index (χ0n) is 15.1. The zero-order chi connectivity index (χ0) is 18.7. The van der Waals surface area contributed by atoms with E-state index in [-0.39, 0.29) is 5.91 Å². The highest BCUT2D eigenvalue weighted by Gasteiger charge is 2.42. The summed E-state index contributed by atoms with van der Waals surface area (Å²) in [7, 11) is 0. The summed E-state index contributed by atoms with van der Waals surface area (Å²) in [5.41, 5.74) is 7.89. The van der Waals surface area contributed by atoms with Crippen molar-refractivity contribution in [1.29, 1.82) is 0 Å². The van der Waals surface area contributed by atoms with Crippen LogP contribution in [-0.2, 0) is 16.8 Å². The SMILES string of the molecule is NCc1nc(-c2ccc(NC(=O)C3(c4ccccc4)CCCC3)cc2)n[nH]1. The van der Waals surface area contributed by atoms with Crippen molar-refractivity contribution in [2.75, 3.05) is 5.32 Å². The maximum atomic E-state index is 13.2. The van der Waals surface area contributed by atoms with Crippen molar-refractivity contribution in [1.82, 2.24) is 15.2 Å². The average molecular weight is 361 g/mol. The summed E-state index contributed by atoms with van der Waals surface area (Å²) < 4.78 is 0. The van der Waals surface area contributed by atoms with Gasteiger partial charge in [-0.3, -0.25) is 9.89 Å². The number of aromatic amines is 1. The number of aromatic nitrogens is 3. The number of nitrogens with one attached hydrogen (secondary N) is 2. The molecule has 0 atom stereocenters. The van der Waals surface area contributed by atoms with Gasteiger partial charge in [-0.1, -0.05) is 43.2 Å². The molecule has 0 radical (unpaired) electrons. The number of amides is 1. The molecule has 0 spiro atoms. The van der Waals surface area contributed by atoms with Crippen LogP contribution in [-0.4, -0.2) is 21.1 Å². The number of hydrogen-bond donors (Lipinski definition) is 3. The van der Waals surface area contributed by atoms with Crippen molar-refractivity contribution >= 4 is 11.6 Å². The fraction of sp³-hybridized carbons (Fsp3) is 0.286. The molecular formula is C21H23N5O. The lowest BCUT2D eigenvalue weighted by molar-refractivity contribution is -0.121. The highest BCUT2D eigenvalue weighted by molar-refractivity contribution is 5.99. The second-order valence-electron chi connectivity index (χ2n) is 7.00. The van der Waals surface area contributed by atoms with E-state index >= 15 is 0 Å². The van der Waals surface area contributed by atoms with Crippen molar-refractivity contribution in [2.24, 2.45) is 5.73 Å². The van der Waals surface area contributed by atoms with Crippen LogP contribution in [0.4, 0.5) is 5.69 Å². The first kappa shape index (κ1) is 17.4. The van der Waals surface area contributed by atoms with Crippen molar-refractivity contribution < 1.29 is 4.79 Å². The third kappa shape index (κ3) is 3.36. The van der Waals surface area contributed by atoms with Crippen LogP contribution in [0.1, 0.15) is 37.1 Å². The van der Waals surface area contributed by atoms with Gasteiger partial charge in [0.1, 0.15) is 5.82 Å². The van der Waals surface area contributed by atoms with Gasteiger partial charge in [-0.05, 0) is 42.7 Å². The van der Waals surface area contributed by atoms with Gasteiger partial charge in [0, 0.05) is 11.3 Å². The number of nitrogens with two attached hydrogens (primary N) is 1. The normalized spacial score (nSPS) is 15.6. The summed E-state index contributed by atoms with van der Waals surface area (Å²) in [4.78, 5) is 17.5. The molecular weight excluding hydrogens is 338 g/mol. The second-order valence-corrected chi connectivity index (χ2v) is 7.00. The molecule has 1 aliphatic carbocycles. The monoisotopic (exact) mass is 361 g/mol. The smallest absolute Gasteiger partial charge is 0.235 e. The number of hydrogen-bond acceptors (Lipinski definition) is 4. The summed E-state index contributed by atoms with van der Waals surface area (Å²) >= 11 is 0. The van der Waals surface area contributed by atoms with E-state index in [1.54, 1.807) is 0 Å². The van der Waals surface area contributed by atoms with E-state index in [4.69, 9.17) is 5.73 Å². The first-order valence-corrected chi connectivity index (χ1v) is 9.30. The Morgan fingerprint density at radius 2 is 1.78 bits per heavy atom. The van der Waals surface area contributed by atoms with Crippen molar-refractivity contribution in [3.05, 3.63) is 66.0 Å². The summed E-state index contributed by atoms with van der Waals surface area (Å²) in [6.07, 6.45) is 3.94. The van der Waals surface area contributed by atoms with Crippen molar-refractivity contribution in [3.63, 3.8) is 0 Å². The summed E-state index contributed by atoms with van der Waals surface area (Å²) in [5.74, 6) is 1.32. The van der Waals surface area contributed by atoms with Gasteiger partial charge in [0.15, 0.2) is 5.82 Å². The van der Waals surface area contributed by atoms with Gasteiger partial charge in [0.05, 0.1) is 12.0 Å². The maximum absolute atomic E-state index is 13.2. The highest BCUT2D eigenvalue weighted by atomic mass is 16.2. The standard InChI is InChI=1S/C21H23N5O/c22-14-18-24-19(26-25-18)15-8-10-17(11-9-15)23-20(27)21(12-4-5-13-21)16-6-2-1-3-7-16/h1-3,6-11H,4-5,12-14,22H2,(H,23,27)(H,24,25,26). The number of carbonyl (C=O) groups is 1. The minimum Gasteiger partial charge on any atom is -0.325 e. The third-order valence-electron chi connectivity index (χ3n) is 5.34. The molecule has 4 rings (SSSR count). The Morgan fingerprint density at radius 3 is 2.41 bits per heavy atom. The van der Waals surface area contributed by atoms with Gasteiger partial charge >= 0.3 is 0 Å². The van der Waals surface area contributed by atoms with Crippen LogP contribution in [0, 0.1) is 0 Å². The fourth-order valence-corrected chi connectivity index (χ4v) is 3.85. The Bertz CT molecular complexity index is 911. The molecule has 6 nitrogen and oxygen atoms in total. The second kappa shape index (κ2) is 7.32. The van der Waals surface area contributed by atoms with Crippen LogP contribution in [0.25, 0.3) is 11.4 Å². The molecule has 4 N–H and O–H groups in total. The summed E-state index contributed by atoms with van der Waals surface area (Å²) in [6, 6.07) is 17.7. The molecule has 1 fully saturated rings. The number of rotatable bonds is 5. The van der Waals surface area contributed by atoms with E-state index in [0.29, 0.717) is 18.2 Å². The minimum absolute atomic E-state index is 0.0715. The first-order valence-electron chi connectivity index (χ1n) is 9.30. The Labute approximate surface area is 158 Å². The molecule has 6 heteroatoms. The Balaban J connectivity index is 1.53. The van der Waals surface area contributed by atoms with Crippen LogP contribution < -0.4 is 11.1 Å². The van der Waals surface area contributed by atoms with Gasteiger partial charge in [0.25, 0.3) is 0 Å². The van der Waals surface area contributed by atoms with Crippen LogP contribution in [0.15, 0.2) is 54.6 Å². The summed E-state index contributed by atoms with van der Waals surface area (Å²) in [6.45, 7) is 0.322. The Hall–Kier alpha value is -2.99. The number of anilines is 1. The lowest BCUT2D eigenvalue weighted by atomic mass is 9.78. The van der Waals surface area contributed by atoms with Gasteiger partial charge in [-0.25, -0.2) is 4.98 Å². The lowest BCUT2D eigenvalue weighted by Crippen LogP contribution is -2.37. The molecule has 138 valence electrons. The quantitative estimate of drug-likeness (QED) is 0.649. The molecule has 1 saturated carbocycles. The van der Waals surface area contributed by atoms with E-state index in [9.17, 15) is 4.79 Å². The van der Waals surface area contributed by atoms with E-state index in [0.717, 1.165) is 42.5 Å².